The van der Waals surface area contributed by atoms with Crippen molar-refractivity contribution in [1.29, 1.82) is 0 Å². The van der Waals surface area contributed by atoms with E-state index < -0.39 is 0 Å². The van der Waals surface area contributed by atoms with E-state index in [9.17, 15) is 4.79 Å². The van der Waals surface area contributed by atoms with Gasteiger partial charge in [-0.05, 0) is 37.3 Å². The molecule has 1 aliphatic carbocycles. The molecule has 4 aliphatic rings. The molecule has 1 aromatic carbocycles. The number of allylic oxidation sites excluding steroid dienone is 1. The molecule has 0 radical (unpaired) electrons. The number of aliphatic imine (C=N–C) groups is 1. The molecule has 1 saturated carbocycles. The Labute approximate surface area is 148 Å². The molecule has 0 N–H and O–H groups in total. The Morgan fingerprint density at radius 2 is 2.24 bits per heavy atom. The Morgan fingerprint density at radius 1 is 1.40 bits per heavy atom. The number of carbonyl (C=O) groups is 1. The van der Waals surface area contributed by atoms with Gasteiger partial charge in [0.25, 0.3) is 0 Å². The van der Waals surface area contributed by atoms with Crippen LogP contribution in [0, 0.1) is 11.8 Å². The Morgan fingerprint density at radius 3 is 3.04 bits per heavy atom. The van der Waals surface area contributed by atoms with Crippen LogP contribution in [-0.4, -0.2) is 42.3 Å². The van der Waals surface area contributed by atoms with Crippen molar-refractivity contribution in [2.24, 2.45) is 16.8 Å². The van der Waals surface area contributed by atoms with E-state index in [1.54, 1.807) is 0 Å². The van der Waals surface area contributed by atoms with Crippen LogP contribution in [0.15, 0.2) is 40.9 Å². The van der Waals surface area contributed by atoms with E-state index in [1.165, 1.54) is 18.1 Å². The van der Waals surface area contributed by atoms with Gasteiger partial charge < -0.3 is 4.74 Å². The first-order valence-electron chi connectivity index (χ1n) is 9.32. The maximum absolute atomic E-state index is 12.0. The highest BCUT2D eigenvalue weighted by Crippen LogP contribution is 2.58. The molecule has 130 valence electrons. The highest BCUT2D eigenvalue weighted by Gasteiger charge is 2.64. The molecule has 0 amide bonds. The normalized spacial score (nSPS) is 42.0. The molecule has 4 nitrogen and oxygen atoms in total. The van der Waals surface area contributed by atoms with Crippen LogP contribution in [0.5, 0.6) is 0 Å². The number of rotatable bonds is 1. The molecule has 5 rings (SSSR count). The van der Waals surface area contributed by atoms with Gasteiger partial charge in [-0.25, -0.2) is 0 Å². The molecular weight excluding hydrogens is 312 g/mol. The molecule has 4 heteroatoms. The van der Waals surface area contributed by atoms with Gasteiger partial charge >= 0.3 is 5.97 Å². The number of piperidine rings is 1. The summed E-state index contributed by atoms with van der Waals surface area (Å²) in [5.74, 6) is 0.805. The van der Waals surface area contributed by atoms with Crippen LogP contribution in [0.1, 0.15) is 32.3 Å². The fraction of sp³-hybridized carbons (Fsp3) is 0.524. The zero-order valence-corrected chi connectivity index (χ0v) is 14.8. The van der Waals surface area contributed by atoms with Gasteiger partial charge in [0.1, 0.15) is 6.10 Å². The molecule has 6 unspecified atom stereocenters. The van der Waals surface area contributed by atoms with Crippen molar-refractivity contribution in [1.82, 2.24) is 4.90 Å². The van der Waals surface area contributed by atoms with E-state index in [2.05, 4.69) is 42.3 Å². The second-order valence-electron chi connectivity index (χ2n) is 8.04. The van der Waals surface area contributed by atoms with Crippen LogP contribution in [0.3, 0.4) is 0 Å². The average Bonchev–Trinajstić information content (AvgIpc) is 3.22. The van der Waals surface area contributed by atoms with Crippen LogP contribution < -0.4 is 0 Å². The Balaban J connectivity index is 1.60. The molecule has 1 spiro atoms. The lowest BCUT2D eigenvalue weighted by molar-refractivity contribution is -0.150. The zero-order valence-electron chi connectivity index (χ0n) is 14.8. The predicted molar refractivity (Wildman–Crippen MR) is 97.2 cm³/mol. The molecule has 0 aromatic heterocycles. The van der Waals surface area contributed by atoms with Crippen LogP contribution >= 0.6 is 0 Å². The van der Waals surface area contributed by atoms with Crippen molar-refractivity contribution in [2.75, 3.05) is 13.1 Å². The summed E-state index contributed by atoms with van der Waals surface area (Å²) in [6, 6.07) is 8.82. The summed E-state index contributed by atoms with van der Waals surface area (Å²) in [6.45, 7) is 5.88. The summed E-state index contributed by atoms with van der Waals surface area (Å²) in [5.41, 5.74) is 3.55. The van der Waals surface area contributed by atoms with E-state index in [4.69, 9.17) is 9.73 Å². The predicted octanol–water partition coefficient (Wildman–Crippen LogP) is 3.24. The summed E-state index contributed by atoms with van der Waals surface area (Å²) in [7, 11) is 0. The Kier molecular flexibility index (Phi) is 3.23. The number of benzene rings is 1. The van der Waals surface area contributed by atoms with E-state index in [-0.39, 0.29) is 17.5 Å². The number of esters is 1. The number of fused-ring (bicyclic) bond motifs is 7. The average molecular weight is 336 g/mol. The molecular formula is C21H24N2O2. The second kappa shape index (κ2) is 5.28. The summed E-state index contributed by atoms with van der Waals surface area (Å²) in [6.07, 6.45) is 6.39. The SMILES string of the molecule is C/C=C1\CC2CN(C1)C1CC3(C=Nc4ccccc43)C(OC(C)=O)C21. The molecule has 1 aromatic rings. The first kappa shape index (κ1) is 15.3. The van der Waals surface area contributed by atoms with E-state index in [1.807, 2.05) is 6.07 Å². The van der Waals surface area contributed by atoms with Crippen molar-refractivity contribution in [2.45, 2.75) is 44.2 Å². The highest BCUT2D eigenvalue weighted by atomic mass is 16.5. The molecule has 25 heavy (non-hydrogen) atoms. The number of carbonyl (C=O) groups excluding carboxylic acids is 1. The lowest BCUT2D eigenvalue weighted by Gasteiger charge is -2.36. The lowest BCUT2D eigenvalue weighted by Crippen LogP contribution is -2.43. The number of nitrogens with zero attached hydrogens (tertiary/aromatic N) is 2. The van der Waals surface area contributed by atoms with Gasteiger partial charge in [-0.2, -0.15) is 0 Å². The Hall–Kier alpha value is -1.94. The quantitative estimate of drug-likeness (QED) is 0.584. The lowest BCUT2D eigenvalue weighted by atomic mass is 9.75. The highest BCUT2D eigenvalue weighted by molar-refractivity contribution is 5.87. The van der Waals surface area contributed by atoms with Crippen molar-refractivity contribution in [3.8, 4) is 0 Å². The first-order valence-corrected chi connectivity index (χ1v) is 9.32. The topological polar surface area (TPSA) is 41.9 Å². The van der Waals surface area contributed by atoms with Crippen molar-refractivity contribution < 1.29 is 9.53 Å². The monoisotopic (exact) mass is 336 g/mol. The number of hydrogen-bond donors (Lipinski definition) is 0. The maximum Gasteiger partial charge on any atom is 0.302 e. The van der Waals surface area contributed by atoms with Gasteiger partial charge in [-0.1, -0.05) is 29.8 Å². The van der Waals surface area contributed by atoms with E-state index >= 15 is 0 Å². The van der Waals surface area contributed by atoms with E-state index in [0.717, 1.165) is 31.6 Å². The van der Waals surface area contributed by atoms with Gasteiger partial charge in [0.2, 0.25) is 0 Å². The van der Waals surface area contributed by atoms with Gasteiger partial charge in [0.15, 0.2) is 0 Å². The standard InChI is InChI=1S/C21H24N2O2/c1-3-14-8-15-11-23(10-14)18-9-21(20(19(15)18)25-13(2)24)12-22-17-7-5-4-6-16(17)21/h3-7,12,15,18-20H,8-11H2,1-2H3/b14-3+. The Bertz CT molecular complexity index is 799. The summed E-state index contributed by atoms with van der Waals surface area (Å²) in [4.78, 5) is 19.3. The van der Waals surface area contributed by atoms with Gasteiger partial charge in [-0.3, -0.25) is 14.7 Å². The smallest absolute Gasteiger partial charge is 0.302 e. The number of ether oxygens (including phenoxy) is 1. The minimum atomic E-state index is -0.248. The minimum Gasteiger partial charge on any atom is -0.461 e. The molecule has 6 atom stereocenters. The summed E-state index contributed by atoms with van der Waals surface area (Å²) < 4.78 is 6.02. The number of para-hydroxylation sites is 1. The third-order valence-electron chi connectivity index (χ3n) is 6.80. The van der Waals surface area contributed by atoms with Crippen LogP contribution in [-0.2, 0) is 14.9 Å². The van der Waals surface area contributed by atoms with Crippen molar-refractivity contribution in [3.05, 3.63) is 41.5 Å². The maximum atomic E-state index is 12.0. The second-order valence-corrected chi connectivity index (χ2v) is 8.04. The zero-order chi connectivity index (χ0) is 17.2. The summed E-state index contributed by atoms with van der Waals surface area (Å²) in [5, 5.41) is 0. The third-order valence-corrected chi connectivity index (χ3v) is 6.80. The largest absolute Gasteiger partial charge is 0.461 e. The minimum absolute atomic E-state index is 0.103. The van der Waals surface area contributed by atoms with Crippen LogP contribution in [0.2, 0.25) is 0 Å². The fourth-order valence-corrected chi connectivity index (χ4v) is 5.88. The first-order chi connectivity index (χ1) is 12.1. The third kappa shape index (κ3) is 2.03. The molecule has 3 fully saturated rings. The van der Waals surface area contributed by atoms with Gasteiger partial charge in [-0.15, -0.1) is 0 Å². The molecule has 3 aliphatic heterocycles. The summed E-state index contributed by atoms with van der Waals surface area (Å²) >= 11 is 0. The van der Waals surface area contributed by atoms with E-state index in [0.29, 0.717) is 17.9 Å². The van der Waals surface area contributed by atoms with Gasteiger partial charge in [0, 0.05) is 38.2 Å². The fourth-order valence-electron chi connectivity index (χ4n) is 5.88. The molecule has 2 saturated heterocycles. The van der Waals surface area contributed by atoms with Crippen LogP contribution in [0.4, 0.5) is 5.69 Å². The van der Waals surface area contributed by atoms with Crippen molar-refractivity contribution >= 4 is 17.9 Å². The van der Waals surface area contributed by atoms with Crippen LogP contribution in [0.25, 0.3) is 0 Å². The molecule has 2 bridgehead atoms. The van der Waals surface area contributed by atoms with Gasteiger partial charge in [0.05, 0.1) is 11.1 Å². The van der Waals surface area contributed by atoms with Crippen molar-refractivity contribution in [3.63, 3.8) is 0 Å². The number of hydrogen-bond acceptors (Lipinski definition) is 4. The molecule has 3 heterocycles.